The van der Waals surface area contributed by atoms with Gasteiger partial charge in [0.2, 0.25) is 0 Å². The van der Waals surface area contributed by atoms with Gasteiger partial charge in [-0.1, -0.05) is 29.3 Å². The summed E-state index contributed by atoms with van der Waals surface area (Å²) in [5.41, 5.74) is 0.580. The number of hydrogen-bond donors (Lipinski definition) is 1. The summed E-state index contributed by atoms with van der Waals surface area (Å²) in [5, 5.41) is 3.19. The van der Waals surface area contributed by atoms with Gasteiger partial charge in [-0.05, 0) is 26.0 Å². The van der Waals surface area contributed by atoms with Gasteiger partial charge in [0, 0.05) is 20.8 Å². The molecule has 4 nitrogen and oxygen atoms in total. The third-order valence-corrected chi connectivity index (χ3v) is 3.46. The number of ether oxygens (including phenoxy) is 2. The number of halogens is 5. The van der Waals surface area contributed by atoms with E-state index in [0.717, 1.165) is 7.11 Å². The summed E-state index contributed by atoms with van der Waals surface area (Å²) in [6.45, 7) is 6.46. The summed E-state index contributed by atoms with van der Waals surface area (Å²) >= 11 is 11.7. The van der Waals surface area contributed by atoms with Gasteiger partial charge in [-0.3, -0.25) is 4.99 Å². The number of rotatable bonds is 6. The maximum Gasteiger partial charge on any atom is 0.449 e. The van der Waals surface area contributed by atoms with Gasteiger partial charge in [0.05, 0.1) is 27.6 Å². The molecule has 0 heterocycles. The molecule has 0 aliphatic carbocycles. The lowest BCUT2D eigenvalue weighted by Gasteiger charge is -2.29. The monoisotopic (exact) mass is 400 g/mol. The van der Waals surface area contributed by atoms with Crippen molar-refractivity contribution >= 4 is 40.8 Å². The third-order valence-electron chi connectivity index (χ3n) is 2.74. The molecular formula is C16H21Cl2F3N2O2. The molecule has 25 heavy (non-hydrogen) atoms. The van der Waals surface area contributed by atoms with Crippen LogP contribution in [0.2, 0.25) is 10.0 Å². The Morgan fingerprint density at radius 2 is 1.80 bits per heavy atom. The molecule has 1 N–H and O–H groups in total. The molecule has 142 valence electrons. The fraction of sp³-hybridized carbons (Fsp3) is 0.438. The minimum atomic E-state index is -4.79. The molecule has 1 unspecified atom stereocenters. The average Bonchev–Trinajstić information content (AvgIpc) is 2.53. The highest BCUT2D eigenvalue weighted by molar-refractivity contribution is 6.42. The van der Waals surface area contributed by atoms with Gasteiger partial charge in [-0.25, -0.2) is 0 Å². The maximum absolute atomic E-state index is 13.2. The topological polar surface area (TPSA) is 42.8 Å². The van der Waals surface area contributed by atoms with Crippen molar-refractivity contribution in [2.75, 3.05) is 26.1 Å². The molecule has 0 saturated carbocycles. The van der Waals surface area contributed by atoms with Crippen LogP contribution in [0.15, 0.2) is 29.8 Å². The SMILES string of the molecule is C=CC.CCOC(C=Nc1cc(Cl)c(Cl)cc1NC)(OC)C(F)(F)F. The van der Waals surface area contributed by atoms with Crippen LogP contribution in [0, 0.1) is 0 Å². The van der Waals surface area contributed by atoms with E-state index in [4.69, 9.17) is 27.9 Å². The van der Waals surface area contributed by atoms with E-state index in [1.807, 2.05) is 6.92 Å². The van der Waals surface area contributed by atoms with Gasteiger partial charge < -0.3 is 14.8 Å². The molecule has 0 aliphatic rings. The highest BCUT2D eigenvalue weighted by Crippen LogP contribution is 2.37. The average molecular weight is 401 g/mol. The van der Waals surface area contributed by atoms with Crippen molar-refractivity contribution in [2.45, 2.75) is 25.8 Å². The van der Waals surface area contributed by atoms with Crippen LogP contribution >= 0.6 is 23.2 Å². The minimum Gasteiger partial charge on any atom is -0.386 e. The highest BCUT2D eigenvalue weighted by atomic mass is 35.5. The predicted molar refractivity (Wildman–Crippen MR) is 97.5 cm³/mol. The number of benzene rings is 1. The van der Waals surface area contributed by atoms with Gasteiger partial charge in [0.15, 0.2) is 0 Å². The first kappa shape index (κ1) is 23.7. The van der Waals surface area contributed by atoms with Gasteiger partial charge in [0.25, 0.3) is 0 Å². The molecule has 0 bridgehead atoms. The molecule has 0 spiro atoms. The Balaban J connectivity index is 0.00000178. The van der Waals surface area contributed by atoms with Crippen LogP contribution in [0.3, 0.4) is 0 Å². The Morgan fingerprint density at radius 1 is 1.28 bits per heavy atom. The molecule has 0 fully saturated rings. The Labute approximate surface area is 155 Å². The van der Waals surface area contributed by atoms with E-state index >= 15 is 0 Å². The zero-order valence-corrected chi connectivity index (χ0v) is 15.9. The lowest BCUT2D eigenvalue weighted by molar-refractivity contribution is -0.334. The summed E-state index contributed by atoms with van der Waals surface area (Å²) in [6, 6.07) is 2.80. The van der Waals surface area contributed by atoms with Crippen molar-refractivity contribution in [3.8, 4) is 0 Å². The Hall–Kier alpha value is -1.28. The smallest absolute Gasteiger partial charge is 0.386 e. The zero-order valence-electron chi connectivity index (χ0n) is 14.4. The first-order chi connectivity index (χ1) is 11.6. The van der Waals surface area contributed by atoms with Crippen LogP contribution in [-0.4, -0.2) is 38.9 Å². The van der Waals surface area contributed by atoms with Gasteiger partial charge in [-0.15, -0.1) is 6.58 Å². The van der Waals surface area contributed by atoms with E-state index in [2.05, 4.69) is 21.6 Å². The summed E-state index contributed by atoms with van der Waals surface area (Å²) in [7, 11) is 2.47. The molecule has 1 atom stereocenters. The number of methoxy groups -OCH3 is 1. The van der Waals surface area contributed by atoms with E-state index in [9.17, 15) is 13.2 Å². The van der Waals surface area contributed by atoms with E-state index in [1.54, 1.807) is 13.1 Å². The lowest BCUT2D eigenvalue weighted by atomic mass is 10.2. The van der Waals surface area contributed by atoms with Crippen LogP contribution in [0.25, 0.3) is 0 Å². The van der Waals surface area contributed by atoms with Crippen molar-refractivity contribution in [1.29, 1.82) is 0 Å². The molecule has 9 heteroatoms. The number of alkyl halides is 3. The van der Waals surface area contributed by atoms with Gasteiger partial charge >= 0.3 is 12.0 Å². The van der Waals surface area contributed by atoms with Gasteiger partial charge in [-0.2, -0.15) is 13.2 Å². The fourth-order valence-electron chi connectivity index (χ4n) is 1.63. The largest absolute Gasteiger partial charge is 0.449 e. The zero-order chi connectivity index (χ0) is 19.7. The Kier molecular flexibility index (Phi) is 10.1. The summed E-state index contributed by atoms with van der Waals surface area (Å²) < 4.78 is 48.8. The van der Waals surface area contributed by atoms with Crippen molar-refractivity contribution in [3.05, 3.63) is 34.8 Å². The fourth-order valence-corrected chi connectivity index (χ4v) is 1.95. The van der Waals surface area contributed by atoms with Crippen LogP contribution in [0.5, 0.6) is 0 Å². The normalized spacial score (nSPS) is 13.8. The lowest BCUT2D eigenvalue weighted by Crippen LogP contribution is -2.51. The Bertz CT molecular complexity index is 595. The van der Waals surface area contributed by atoms with Gasteiger partial charge in [0.1, 0.15) is 0 Å². The molecule has 0 amide bonds. The number of allylic oxidation sites excluding steroid dienone is 1. The van der Waals surface area contributed by atoms with Crippen LogP contribution < -0.4 is 5.32 Å². The second-order valence-electron chi connectivity index (χ2n) is 4.50. The molecule has 1 aromatic rings. The van der Waals surface area contributed by atoms with E-state index in [-0.39, 0.29) is 22.3 Å². The molecule has 1 aromatic carbocycles. The summed E-state index contributed by atoms with van der Waals surface area (Å²) in [5.74, 6) is -2.93. The van der Waals surface area contributed by atoms with Crippen LogP contribution in [0.1, 0.15) is 13.8 Å². The van der Waals surface area contributed by atoms with Crippen LogP contribution in [-0.2, 0) is 9.47 Å². The van der Waals surface area contributed by atoms with Crippen molar-refractivity contribution in [3.63, 3.8) is 0 Å². The second-order valence-corrected chi connectivity index (χ2v) is 5.32. The van der Waals surface area contributed by atoms with Crippen molar-refractivity contribution in [2.24, 2.45) is 4.99 Å². The van der Waals surface area contributed by atoms with Crippen molar-refractivity contribution < 1.29 is 22.6 Å². The highest BCUT2D eigenvalue weighted by Gasteiger charge is 2.56. The Morgan fingerprint density at radius 3 is 2.20 bits per heavy atom. The summed E-state index contributed by atoms with van der Waals surface area (Å²) in [6.07, 6.45) is -2.49. The van der Waals surface area contributed by atoms with Crippen LogP contribution in [0.4, 0.5) is 24.5 Å². The number of aliphatic imine (C=N–C) groups is 1. The first-order valence-corrected chi connectivity index (χ1v) is 7.92. The molecule has 0 radical (unpaired) electrons. The molecule has 1 rings (SSSR count). The third kappa shape index (κ3) is 6.51. The maximum atomic E-state index is 13.2. The molecule has 0 aromatic heterocycles. The number of nitrogens with zero attached hydrogens (tertiary/aromatic N) is 1. The molecular weight excluding hydrogens is 380 g/mol. The van der Waals surface area contributed by atoms with E-state index in [0.29, 0.717) is 11.9 Å². The quantitative estimate of drug-likeness (QED) is 0.368. The van der Waals surface area contributed by atoms with Crippen molar-refractivity contribution in [1.82, 2.24) is 0 Å². The standard InChI is InChI=1S/C13H15Cl2F3N2O2.C3H6/c1-4-22-12(21-3,13(16,17)18)7-20-11-6-9(15)8(14)5-10(11)19-2;1-3-2/h5-7,19H,4H2,1-3H3;3H,1H2,2H3. The summed E-state index contributed by atoms with van der Waals surface area (Å²) in [4.78, 5) is 3.81. The second kappa shape index (κ2) is 10.7. The number of nitrogens with one attached hydrogen (secondary N) is 1. The number of hydrogen-bond acceptors (Lipinski definition) is 4. The van der Waals surface area contributed by atoms with E-state index < -0.39 is 12.0 Å². The minimum absolute atomic E-state index is 0.166. The predicted octanol–water partition coefficient (Wildman–Crippen LogP) is 5.87. The molecule has 0 aliphatic heterocycles. The number of anilines is 1. The van der Waals surface area contributed by atoms with E-state index in [1.165, 1.54) is 19.1 Å². The first-order valence-electron chi connectivity index (χ1n) is 7.17. The molecule has 0 saturated heterocycles.